The predicted octanol–water partition coefficient (Wildman–Crippen LogP) is 4.01. The number of benzene rings is 1. The van der Waals surface area contributed by atoms with Crippen LogP contribution in [0.1, 0.15) is 37.6 Å². The highest BCUT2D eigenvalue weighted by atomic mass is 15.1. The van der Waals surface area contributed by atoms with E-state index in [4.69, 9.17) is 0 Å². The average Bonchev–Trinajstić information content (AvgIpc) is 2.39. The Morgan fingerprint density at radius 3 is 2.20 bits per heavy atom. The zero-order valence-corrected chi connectivity index (χ0v) is 12.9. The van der Waals surface area contributed by atoms with Crippen LogP contribution in [0.25, 0.3) is 0 Å². The highest BCUT2D eigenvalue weighted by Gasteiger charge is 2.13. The molecule has 1 aromatic heterocycles. The summed E-state index contributed by atoms with van der Waals surface area (Å²) in [4.78, 5) is 6.65. The maximum atomic E-state index is 4.37. The first-order chi connectivity index (χ1) is 9.45. The monoisotopic (exact) mass is 268 g/mol. The van der Waals surface area contributed by atoms with Gasteiger partial charge in [0.15, 0.2) is 0 Å². The van der Waals surface area contributed by atoms with Gasteiger partial charge in [-0.25, -0.2) is 0 Å². The van der Waals surface area contributed by atoms with E-state index >= 15 is 0 Å². The summed E-state index contributed by atoms with van der Waals surface area (Å²) < 4.78 is 0. The molecule has 0 radical (unpaired) electrons. The van der Waals surface area contributed by atoms with Crippen molar-refractivity contribution in [1.82, 2.24) is 9.88 Å². The molecule has 20 heavy (non-hydrogen) atoms. The summed E-state index contributed by atoms with van der Waals surface area (Å²) in [7, 11) is 2.13. The van der Waals surface area contributed by atoms with Crippen LogP contribution in [0.2, 0.25) is 0 Å². The Bertz CT molecular complexity index is 524. The minimum absolute atomic E-state index is 0.221. The van der Waals surface area contributed by atoms with Crippen LogP contribution in [-0.2, 0) is 18.5 Å². The molecular formula is C18H24N2. The first kappa shape index (κ1) is 14.7. The number of hydrogen-bond donors (Lipinski definition) is 0. The lowest BCUT2D eigenvalue weighted by Gasteiger charge is -2.20. The number of nitrogens with zero attached hydrogens (tertiary/aromatic N) is 2. The fraction of sp³-hybridized carbons (Fsp3) is 0.389. The zero-order chi connectivity index (χ0) is 14.6. The van der Waals surface area contributed by atoms with E-state index in [1.54, 1.807) is 0 Å². The van der Waals surface area contributed by atoms with Gasteiger partial charge in [0.1, 0.15) is 0 Å². The summed E-state index contributed by atoms with van der Waals surface area (Å²) in [6, 6.07) is 15.0. The van der Waals surface area contributed by atoms with E-state index in [1.165, 1.54) is 11.1 Å². The minimum Gasteiger partial charge on any atom is -0.296 e. The topological polar surface area (TPSA) is 16.1 Å². The van der Waals surface area contributed by atoms with Crippen molar-refractivity contribution in [2.45, 2.75) is 39.3 Å². The highest BCUT2D eigenvalue weighted by Crippen LogP contribution is 2.22. The van der Waals surface area contributed by atoms with Gasteiger partial charge in [-0.2, -0.15) is 0 Å². The fourth-order valence-corrected chi connectivity index (χ4v) is 2.25. The molecule has 106 valence electrons. The van der Waals surface area contributed by atoms with Crippen LogP contribution in [0, 0.1) is 0 Å². The van der Waals surface area contributed by atoms with Crippen LogP contribution >= 0.6 is 0 Å². The van der Waals surface area contributed by atoms with E-state index in [0.717, 1.165) is 18.8 Å². The van der Waals surface area contributed by atoms with Crippen LogP contribution in [0.5, 0.6) is 0 Å². The first-order valence-corrected chi connectivity index (χ1v) is 7.13. The van der Waals surface area contributed by atoms with Gasteiger partial charge in [0.05, 0.1) is 5.69 Å². The molecular weight excluding hydrogens is 244 g/mol. The van der Waals surface area contributed by atoms with Crippen molar-refractivity contribution in [1.29, 1.82) is 0 Å². The van der Waals surface area contributed by atoms with Gasteiger partial charge in [0.25, 0.3) is 0 Å². The summed E-state index contributed by atoms with van der Waals surface area (Å²) in [6.07, 6.45) is 1.85. The fourth-order valence-electron chi connectivity index (χ4n) is 2.25. The van der Waals surface area contributed by atoms with Crippen molar-refractivity contribution >= 4 is 0 Å². The number of rotatable bonds is 4. The molecule has 0 saturated heterocycles. The van der Waals surface area contributed by atoms with Crippen LogP contribution in [0.4, 0.5) is 0 Å². The van der Waals surface area contributed by atoms with Gasteiger partial charge in [-0.15, -0.1) is 0 Å². The average molecular weight is 268 g/mol. The van der Waals surface area contributed by atoms with Crippen molar-refractivity contribution in [3.8, 4) is 0 Å². The molecule has 2 aromatic rings. The Balaban J connectivity index is 1.96. The molecule has 0 spiro atoms. The second kappa shape index (κ2) is 6.19. The molecule has 0 aliphatic heterocycles. The number of aromatic nitrogens is 1. The van der Waals surface area contributed by atoms with E-state index in [-0.39, 0.29) is 5.41 Å². The Labute approximate surface area is 122 Å². The summed E-state index contributed by atoms with van der Waals surface area (Å²) in [5.41, 5.74) is 4.06. The molecule has 0 aliphatic carbocycles. The second-order valence-electron chi connectivity index (χ2n) is 6.44. The molecule has 0 bridgehead atoms. The van der Waals surface area contributed by atoms with Gasteiger partial charge in [0.2, 0.25) is 0 Å². The molecule has 0 fully saturated rings. The maximum absolute atomic E-state index is 4.37. The van der Waals surface area contributed by atoms with Crippen LogP contribution in [0.15, 0.2) is 48.7 Å². The molecule has 0 atom stereocenters. The second-order valence-corrected chi connectivity index (χ2v) is 6.44. The van der Waals surface area contributed by atoms with Crippen molar-refractivity contribution in [3.05, 3.63) is 65.5 Å². The highest BCUT2D eigenvalue weighted by molar-refractivity contribution is 5.27. The third-order valence-electron chi connectivity index (χ3n) is 3.43. The molecule has 0 unspecified atom stereocenters. The molecule has 2 nitrogen and oxygen atoms in total. The van der Waals surface area contributed by atoms with Gasteiger partial charge < -0.3 is 0 Å². The first-order valence-electron chi connectivity index (χ1n) is 7.13. The van der Waals surface area contributed by atoms with Crippen LogP contribution < -0.4 is 0 Å². The lowest BCUT2D eigenvalue weighted by atomic mass is 9.87. The Kier molecular flexibility index (Phi) is 4.56. The van der Waals surface area contributed by atoms with E-state index in [2.05, 4.69) is 68.0 Å². The van der Waals surface area contributed by atoms with E-state index in [9.17, 15) is 0 Å². The molecule has 0 saturated carbocycles. The summed E-state index contributed by atoms with van der Waals surface area (Å²) in [6.45, 7) is 8.56. The van der Waals surface area contributed by atoms with Gasteiger partial charge in [-0.05, 0) is 35.7 Å². The normalized spacial score (nSPS) is 11.8. The molecule has 0 N–H and O–H groups in total. The lowest BCUT2D eigenvalue weighted by Crippen LogP contribution is -2.18. The van der Waals surface area contributed by atoms with Gasteiger partial charge in [-0.1, -0.05) is 51.1 Å². The smallest absolute Gasteiger partial charge is 0.0543 e. The Morgan fingerprint density at radius 1 is 0.950 bits per heavy atom. The number of hydrogen-bond acceptors (Lipinski definition) is 2. The van der Waals surface area contributed by atoms with Crippen LogP contribution in [-0.4, -0.2) is 16.9 Å². The summed E-state index contributed by atoms with van der Waals surface area (Å²) >= 11 is 0. The van der Waals surface area contributed by atoms with Crippen molar-refractivity contribution in [2.75, 3.05) is 7.05 Å². The molecule has 0 amide bonds. The molecule has 2 heteroatoms. The summed E-state index contributed by atoms with van der Waals surface area (Å²) in [5, 5.41) is 0. The van der Waals surface area contributed by atoms with E-state index < -0.39 is 0 Å². The lowest BCUT2D eigenvalue weighted by molar-refractivity contribution is 0.315. The predicted molar refractivity (Wildman–Crippen MR) is 84.6 cm³/mol. The third-order valence-corrected chi connectivity index (χ3v) is 3.43. The van der Waals surface area contributed by atoms with Crippen molar-refractivity contribution < 1.29 is 0 Å². The van der Waals surface area contributed by atoms with E-state index in [0.29, 0.717) is 0 Å². The third kappa shape index (κ3) is 4.17. The van der Waals surface area contributed by atoms with Crippen molar-refractivity contribution in [2.24, 2.45) is 0 Å². The summed E-state index contributed by atoms with van der Waals surface area (Å²) in [5.74, 6) is 0. The van der Waals surface area contributed by atoms with Gasteiger partial charge in [0, 0.05) is 19.3 Å². The zero-order valence-electron chi connectivity index (χ0n) is 12.9. The quantitative estimate of drug-likeness (QED) is 0.833. The molecule has 0 aliphatic rings. The number of pyridine rings is 1. The van der Waals surface area contributed by atoms with E-state index in [1.807, 2.05) is 18.3 Å². The molecule has 2 rings (SSSR count). The van der Waals surface area contributed by atoms with Gasteiger partial charge >= 0.3 is 0 Å². The minimum atomic E-state index is 0.221. The van der Waals surface area contributed by atoms with Gasteiger partial charge in [-0.3, -0.25) is 9.88 Å². The molecule has 1 aromatic carbocycles. The van der Waals surface area contributed by atoms with Crippen LogP contribution in [0.3, 0.4) is 0 Å². The standard InChI is InChI=1S/C18H24N2/c1-18(2,3)16-10-8-15(9-11-16)13-20(4)14-17-7-5-6-12-19-17/h5-12H,13-14H2,1-4H3. The maximum Gasteiger partial charge on any atom is 0.0543 e. The largest absolute Gasteiger partial charge is 0.296 e. The Morgan fingerprint density at radius 2 is 1.65 bits per heavy atom. The van der Waals surface area contributed by atoms with Crippen molar-refractivity contribution in [3.63, 3.8) is 0 Å². The molecule has 1 heterocycles. The SMILES string of the molecule is CN(Cc1ccc(C(C)(C)C)cc1)Cc1ccccn1. The Hall–Kier alpha value is -1.67.